The van der Waals surface area contributed by atoms with Crippen molar-refractivity contribution in [3.63, 3.8) is 0 Å². The van der Waals surface area contributed by atoms with Crippen LogP contribution in [0, 0.1) is 0 Å². The Morgan fingerprint density at radius 3 is 2.36 bits per heavy atom. The van der Waals surface area contributed by atoms with Crippen LogP contribution in [0.25, 0.3) is 11.1 Å². The summed E-state index contributed by atoms with van der Waals surface area (Å²) in [5.41, 5.74) is 5.05. The lowest BCUT2D eigenvalue weighted by molar-refractivity contribution is -0.116. The van der Waals surface area contributed by atoms with Crippen molar-refractivity contribution in [3.05, 3.63) is 53.6 Å². The van der Waals surface area contributed by atoms with Gasteiger partial charge in [-0.2, -0.15) is 0 Å². The third-order valence-corrected chi connectivity index (χ3v) is 5.60. The Labute approximate surface area is 171 Å². The topological polar surface area (TPSA) is 55.1 Å². The van der Waals surface area contributed by atoms with Gasteiger partial charge in [0.1, 0.15) is 5.52 Å². The molecule has 1 N–H and O–H groups in total. The number of hydrogen-bond donors (Lipinski definition) is 1. The zero-order valence-electron chi connectivity index (χ0n) is 17.0. The number of carbonyl (C=O) groups excluding carboxylic acids is 1. The first-order valence-corrected chi connectivity index (χ1v) is 10.8. The highest BCUT2D eigenvalue weighted by molar-refractivity contribution is 7.99. The van der Waals surface area contributed by atoms with Crippen molar-refractivity contribution in [2.45, 2.75) is 57.6 Å². The fourth-order valence-corrected chi connectivity index (χ4v) is 3.98. The van der Waals surface area contributed by atoms with Gasteiger partial charge in [-0.15, -0.1) is 0 Å². The van der Waals surface area contributed by atoms with Crippen molar-refractivity contribution < 1.29 is 9.21 Å². The Morgan fingerprint density at radius 1 is 1.04 bits per heavy atom. The molecule has 0 bridgehead atoms. The molecule has 0 aliphatic heterocycles. The highest BCUT2D eigenvalue weighted by Gasteiger charge is 2.16. The maximum Gasteiger partial charge on any atom is 0.256 e. The van der Waals surface area contributed by atoms with Crippen LogP contribution in [0.2, 0.25) is 0 Å². The number of carbonyl (C=O) groups is 1. The lowest BCUT2D eigenvalue weighted by Crippen LogP contribution is -2.15. The Bertz CT molecular complexity index is 887. The molecule has 0 aliphatic carbocycles. The van der Waals surface area contributed by atoms with Crippen molar-refractivity contribution in [1.82, 2.24) is 4.98 Å². The molecule has 4 nitrogen and oxygen atoms in total. The number of oxazole rings is 1. The average molecular weight is 397 g/mol. The Balaban J connectivity index is 1.56. The van der Waals surface area contributed by atoms with Gasteiger partial charge in [0.15, 0.2) is 5.58 Å². The molecule has 0 spiro atoms. The van der Waals surface area contributed by atoms with E-state index < -0.39 is 0 Å². The summed E-state index contributed by atoms with van der Waals surface area (Å²) in [6.07, 6.45) is 1.26. The van der Waals surface area contributed by atoms with Gasteiger partial charge in [-0.05, 0) is 41.5 Å². The summed E-state index contributed by atoms with van der Waals surface area (Å²) in [5.74, 6) is 1.59. The number of nitrogens with zero attached hydrogens (tertiary/aromatic N) is 1. The highest BCUT2D eigenvalue weighted by Crippen LogP contribution is 2.32. The number of benzene rings is 2. The molecule has 0 saturated carbocycles. The van der Waals surface area contributed by atoms with Crippen LogP contribution in [-0.4, -0.2) is 16.6 Å². The second kappa shape index (κ2) is 9.28. The van der Waals surface area contributed by atoms with E-state index in [1.165, 1.54) is 11.1 Å². The molecular formula is C23H28N2O2S. The first-order chi connectivity index (χ1) is 13.5. The number of thioether (sulfide) groups is 1. The molecule has 0 fully saturated rings. The van der Waals surface area contributed by atoms with Crippen LogP contribution in [0.4, 0.5) is 5.69 Å². The summed E-state index contributed by atoms with van der Waals surface area (Å²) in [7, 11) is 0. The first-order valence-electron chi connectivity index (χ1n) is 9.86. The third-order valence-electron chi connectivity index (χ3n) is 4.69. The van der Waals surface area contributed by atoms with Gasteiger partial charge < -0.3 is 9.73 Å². The molecule has 0 aliphatic rings. The van der Waals surface area contributed by atoms with Crippen molar-refractivity contribution in [1.29, 1.82) is 0 Å². The second-order valence-electron chi connectivity index (χ2n) is 7.57. The quantitative estimate of drug-likeness (QED) is 0.345. The molecule has 1 aromatic heterocycles. The van der Waals surface area contributed by atoms with Crippen molar-refractivity contribution in [3.8, 4) is 0 Å². The maximum absolute atomic E-state index is 12.6. The average Bonchev–Trinajstić information content (AvgIpc) is 3.08. The molecule has 0 saturated heterocycles. The zero-order chi connectivity index (χ0) is 20.1. The molecular weight excluding hydrogens is 368 g/mol. The van der Waals surface area contributed by atoms with Gasteiger partial charge in [0.05, 0.1) is 0 Å². The van der Waals surface area contributed by atoms with Gasteiger partial charge in [0.2, 0.25) is 5.91 Å². The molecule has 3 rings (SSSR count). The molecule has 5 heteroatoms. The SMILES string of the molecule is CC(C)c1cccc(C(C)C)c1NC(=O)CCCSc1nc2ccccc2o1. The van der Waals surface area contributed by atoms with Crippen LogP contribution >= 0.6 is 11.8 Å². The molecule has 0 radical (unpaired) electrons. The number of rotatable bonds is 8. The molecule has 1 heterocycles. The number of amides is 1. The van der Waals surface area contributed by atoms with E-state index in [4.69, 9.17) is 4.42 Å². The number of aromatic nitrogens is 1. The summed E-state index contributed by atoms with van der Waals surface area (Å²) >= 11 is 1.55. The van der Waals surface area contributed by atoms with E-state index in [0.29, 0.717) is 23.5 Å². The fourth-order valence-electron chi connectivity index (χ4n) is 3.20. The second-order valence-corrected chi connectivity index (χ2v) is 8.61. The van der Waals surface area contributed by atoms with Crippen LogP contribution in [0.3, 0.4) is 0 Å². The predicted octanol–water partition coefficient (Wildman–Crippen LogP) is 6.59. The van der Waals surface area contributed by atoms with Gasteiger partial charge in [-0.3, -0.25) is 4.79 Å². The Kier molecular flexibility index (Phi) is 6.79. The number of nitrogens with one attached hydrogen (secondary N) is 1. The van der Waals surface area contributed by atoms with Gasteiger partial charge in [-0.1, -0.05) is 69.8 Å². The number of para-hydroxylation sites is 3. The summed E-state index contributed by atoms with van der Waals surface area (Å²) in [5, 5.41) is 3.84. The van der Waals surface area contributed by atoms with Gasteiger partial charge in [0.25, 0.3) is 5.22 Å². The van der Waals surface area contributed by atoms with Crippen LogP contribution in [0.15, 0.2) is 52.1 Å². The summed E-state index contributed by atoms with van der Waals surface area (Å²) < 4.78 is 5.71. The molecule has 3 aromatic rings. The number of anilines is 1. The Hall–Kier alpha value is -2.27. The molecule has 0 atom stereocenters. The van der Waals surface area contributed by atoms with E-state index in [9.17, 15) is 4.79 Å². The molecule has 148 valence electrons. The van der Waals surface area contributed by atoms with Gasteiger partial charge in [-0.25, -0.2) is 4.98 Å². The molecule has 1 amide bonds. The van der Waals surface area contributed by atoms with Crippen molar-refractivity contribution in [2.24, 2.45) is 0 Å². The van der Waals surface area contributed by atoms with E-state index in [1.54, 1.807) is 11.8 Å². The number of hydrogen-bond acceptors (Lipinski definition) is 4. The van der Waals surface area contributed by atoms with Crippen LogP contribution < -0.4 is 5.32 Å². The molecule has 28 heavy (non-hydrogen) atoms. The lowest BCUT2D eigenvalue weighted by Gasteiger charge is -2.20. The molecule has 2 aromatic carbocycles. The largest absolute Gasteiger partial charge is 0.431 e. The van der Waals surface area contributed by atoms with Crippen molar-refractivity contribution >= 4 is 34.5 Å². The van der Waals surface area contributed by atoms with E-state index in [-0.39, 0.29) is 5.91 Å². The van der Waals surface area contributed by atoms with Gasteiger partial charge in [0, 0.05) is 17.9 Å². The van der Waals surface area contributed by atoms with Gasteiger partial charge >= 0.3 is 0 Å². The normalized spacial score (nSPS) is 11.5. The summed E-state index contributed by atoms with van der Waals surface area (Å²) in [6, 6.07) is 14.0. The first kappa shape index (κ1) is 20.5. The maximum atomic E-state index is 12.6. The highest BCUT2D eigenvalue weighted by atomic mass is 32.2. The predicted molar refractivity (Wildman–Crippen MR) is 117 cm³/mol. The monoisotopic (exact) mass is 396 g/mol. The molecule has 0 unspecified atom stereocenters. The smallest absolute Gasteiger partial charge is 0.256 e. The van der Waals surface area contributed by atoms with E-state index in [1.807, 2.05) is 24.3 Å². The third kappa shape index (κ3) is 4.96. The van der Waals surface area contributed by atoms with E-state index in [0.717, 1.165) is 29.0 Å². The lowest BCUT2D eigenvalue weighted by atomic mass is 9.92. The van der Waals surface area contributed by atoms with E-state index in [2.05, 4.69) is 56.2 Å². The zero-order valence-corrected chi connectivity index (χ0v) is 17.8. The van der Waals surface area contributed by atoms with Crippen LogP contribution in [0.5, 0.6) is 0 Å². The van der Waals surface area contributed by atoms with Crippen LogP contribution in [0.1, 0.15) is 63.5 Å². The van der Waals surface area contributed by atoms with E-state index >= 15 is 0 Å². The standard InChI is InChI=1S/C23H28N2O2S/c1-15(2)17-9-7-10-18(16(3)4)22(17)25-21(26)13-8-14-28-23-24-19-11-5-6-12-20(19)27-23/h5-7,9-12,15-16H,8,13-14H2,1-4H3,(H,25,26). The summed E-state index contributed by atoms with van der Waals surface area (Å²) in [4.78, 5) is 17.0. The van der Waals surface area contributed by atoms with Crippen molar-refractivity contribution in [2.75, 3.05) is 11.1 Å². The minimum atomic E-state index is 0.0631. The van der Waals surface area contributed by atoms with Crippen LogP contribution in [-0.2, 0) is 4.79 Å². The minimum absolute atomic E-state index is 0.0631. The number of fused-ring (bicyclic) bond motifs is 1. The summed E-state index contributed by atoms with van der Waals surface area (Å²) in [6.45, 7) is 8.64. The Morgan fingerprint density at radius 2 is 1.71 bits per heavy atom. The minimum Gasteiger partial charge on any atom is -0.431 e. The fraction of sp³-hybridized carbons (Fsp3) is 0.391.